The number of fused-ring (bicyclic) bond motifs is 1. The Morgan fingerprint density at radius 1 is 0.838 bits per heavy atom. The molecule has 0 fully saturated rings. The van der Waals surface area contributed by atoms with E-state index in [2.05, 4.69) is 23.5 Å². The Morgan fingerprint density at radius 3 is 2.27 bits per heavy atom. The second-order valence-electron chi connectivity index (χ2n) is 10.3. The molecule has 6 heteroatoms. The number of amidine groups is 2. The normalized spacial score (nSPS) is 12.4. The van der Waals surface area contributed by atoms with Gasteiger partial charge >= 0.3 is 7.48 Å². The Hall–Kier alpha value is -3.74. The van der Waals surface area contributed by atoms with Crippen molar-refractivity contribution in [3.63, 3.8) is 0 Å². The average molecular weight is 491 g/mol. The number of aliphatic hydroxyl groups is 1. The molecule has 0 unspecified atom stereocenters. The van der Waals surface area contributed by atoms with Crippen LogP contribution in [0.4, 0.5) is 0 Å². The van der Waals surface area contributed by atoms with Crippen molar-refractivity contribution in [1.29, 1.82) is 5.41 Å². The van der Waals surface area contributed by atoms with Gasteiger partial charge in [-0.05, 0) is 50.1 Å². The predicted octanol–water partition coefficient (Wildman–Crippen LogP) is 4.94. The largest absolute Gasteiger partial charge is 0.427 e. The van der Waals surface area contributed by atoms with Crippen molar-refractivity contribution >= 4 is 35.4 Å². The Kier molecular flexibility index (Phi) is 7.91. The highest BCUT2D eigenvalue weighted by Gasteiger charge is 2.35. The fraction of sp³-hybridized carbons (Fsp3) is 0.226. The Bertz CT molecular complexity index is 1410. The highest BCUT2D eigenvalue weighted by atomic mass is 16.5. The number of rotatable bonds is 8. The lowest BCUT2D eigenvalue weighted by Gasteiger charge is -2.37. The summed E-state index contributed by atoms with van der Waals surface area (Å²) in [6.45, 7) is 7.85. The van der Waals surface area contributed by atoms with Crippen LogP contribution in [-0.4, -0.2) is 35.5 Å². The van der Waals surface area contributed by atoms with Crippen molar-refractivity contribution < 1.29 is 9.76 Å². The molecule has 0 amide bonds. The van der Waals surface area contributed by atoms with Crippen LogP contribution in [0.15, 0.2) is 102 Å². The predicted molar refractivity (Wildman–Crippen MR) is 155 cm³/mol. The molecule has 3 N–H and O–H groups in total. The van der Waals surface area contributed by atoms with E-state index in [9.17, 15) is 5.11 Å². The molecule has 0 saturated heterocycles. The first-order chi connectivity index (χ1) is 17.6. The van der Waals surface area contributed by atoms with Crippen LogP contribution in [-0.2, 0) is 11.2 Å². The van der Waals surface area contributed by atoms with Crippen LogP contribution in [0, 0.1) is 5.41 Å². The van der Waals surface area contributed by atoms with Gasteiger partial charge in [0.25, 0.3) is 0 Å². The molecule has 0 aliphatic heterocycles. The van der Waals surface area contributed by atoms with Crippen molar-refractivity contribution in [3.05, 3.63) is 114 Å². The molecule has 0 saturated carbocycles. The van der Waals surface area contributed by atoms with Crippen LogP contribution < -0.4 is 10.8 Å². The minimum atomic E-state index is -0.956. The monoisotopic (exact) mass is 491 g/mol. The van der Waals surface area contributed by atoms with Crippen molar-refractivity contribution in [1.82, 2.24) is 5.32 Å². The standard InChI is InChI=1S/C31H34BN3O2/c1-30(2,36)31(3,4)37-32-27-16-10-11-22(19-27)21-34-29(24-13-6-5-7-14-24)35-28(33)26-18-17-23-12-8-9-15-25(23)20-26/h5-20,32,36H,21H2,1-4H3,(H2,33,34,35). The average Bonchev–Trinajstić information content (AvgIpc) is 2.89. The summed E-state index contributed by atoms with van der Waals surface area (Å²) in [6.07, 6.45) is 0. The quantitative estimate of drug-likeness (QED) is 0.186. The van der Waals surface area contributed by atoms with Gasteiger partial charge in [0.2, 0.25) is 0 Å². The summed E-state index contributed by atoms with van der Waals surface area (Å²) in [5.74, 6) is 0.844. The van der Waals surface area contributed by atoms with E-state index >= 15 is 0 Å². The molecule has 0 atom stereocenters. The van der Waals surface area contributed by atoms with Gasteiger partial charge in [-0.3, -0.25) is 5.41 Å². The number of nitrogens with zero attached hydrogens (tertiary/aromatic N) is 1. The highest BCUT2D eigenvalue weighted by Crippen LogP contribution is 2.24. The molecule has 188 valence electrons. The summed E-state index contributed by atoms with van der Waals surface area (Å²) in [7, 11) is 0.400. The first-order valence-electron chi connectivity index (χ1n) is 12.5. The number of hydrogen-bond acceptors (Lipinski definition) is 3. The van der Waals surface area contributed by atoms with Crippen LogP contribution in [0.2, 0.25) is 0 Å². The van der Waals surface area contributed by atoms with Crippen LogP contribution in [0.5, 0.6) is 0 Å². The van der Waals surface area contributed by atoms with E-state index in [-0.39, 0.29) is 5.84 Å². The fourth-order valence-corrected chi connectivity index (χ4v) is 3.77. The lowest BCUT2D eigenvalue weighted by Crippen LogP contribution is -2.49. The van der Waals surface area contributed by atoms with Gasteiger partial charge < -0.3 is 15.1 Å². The summed E-state index contributed by atoms with van der Waals surface area (Å²) >= 11 is 0. The van der Waals surface area contributed by atoms with Gasteiger partial charge in [0.15, 0.2) is 5.84 Å². The van der Waals surface area contributed by atoms with Gasteiger partial charge in [-0.25, -0.2) is 4.99 Å². The molecule has 0 spiro atoms. The first-order valence-corrected chi connectivity index (χ1v) is 12.5. The maximum Gasteiger partial charge on any atom is 0.309 e. The third-order valence-electron chi connectivity index (χ3n) is 6.82. The first kappa shape index (κ1) is 26.3. The lowest BCUT2D eigenvalue weighted by molar-refractivity contribution is -0.0893. The van der Waals surface area contributed by atoms with E-state index in [0.717, 1.165) is 32.9 Å². The maximum atomic E-state index is 10.4. The SMILES string of the molecule is CC(C)(O)C(C)(C)OBc1cccc(CN/C(=N\C(=N)c2ccc3ccccc3c2)c2ccccc2)c1. The Balaban J connectivity index is 1.52. The van der Waals surface area contributed by atoms with Gasteiger partial charge in [-0.15, -0.1) is 0 Å². The molecule has 0 bridgehead atoms. The topological polar surface area (TPSA) is 77.7 Å². The molecule has 0 heterocycles. The van der Waals surface area contributed by atoms with Crippen molar-refractivity contribution in [2.45, 2.75) is 45.4 Å². The van der Waals surface area contributed by atoms with Crippen molar-refractivity contribution in [3.8, 4) is 0 Å². The molecule has 0 aliphatic rings. The van der Waals surface area contributed by atoms with Gasteiger partial charge in [-0.1, -0.05) is 96.5 Å². The zero-order valence-electron chi connectivity index (χ0n) is 22.0. The second kappa shape index (κ2) is 11.1. The molecule has 4 aromatic rings. The number of nitrogens with one attached hydrogen (secondary N) is 2. The molecular formula is C31H34BN3O2. The van der Waals surface area contributed by atoms with Gasteiger partial charge in [0.05, 0.1) is 11.2 Å². The Morgan fingerprint density at radius 2 is 1.54 bits per heavy atom. The molecule has 0 radical (unpaired) electrons. The van der Waals surface area contributed by atoms with E-state index < -0.39 is 11.2 Å². The van der Waals surface area contributed by atoms with Gasteiger partial charge in [-0.2, -0.15) is 0 Å². The third kappa shape index (κ3) is 6.73. The molecule has 4 rings (SSSR count). The van der Waals surface area contributed by atoms with Crippen LogP contribution in [0.25, 0.3) is 10.8 Å². The summed E-state index contributed by atoms with van der Waals surface area (Å²) in [5.41, 5.74) is 2.14. The molecule has 0 aliphatic carbocycles. The summed E-state index contributed by atoms with van der Waals surface area (Å²) < 4.78 is 6.04. The minimum absolute atomic E-state index is 0.202. The summed E-state index contributed by atoms with van der Waals surface area (Å²) in [6, 6.07) is 32.1. The third-order valence-corrected chi connectivity index (χ3v) is 6.82. The minimum Gasteiger partial charge on any atom is -0.427 e. The smallest absolute Gasteiger partial charge is 0.309 e. The van der Waals surface area contributed by atoms with Crippen LogP contribution >= 0.6 is 0 Å². The molecule has 4 aromatic carbocycles. The zero-order valence-corrected chi connectivity index (χ0v) is 22.0. The van der Waals surface area contributed by atoms with Crippen molar-refractivity contribution in [2.75, 3.05) is 0 Å². The van der Waals surface area contributed by atoms with Crippen molar-refractivity contribution in [2.24, 2.45) is 4.99 Å². The summed E-state index contributed by atoms with van der Waals surface area (Å²) in [5, 5.41) is 24.7. The van der Waals surface area contributed by atoms with E-state index in [1.54, 1.807) is 13.8 Å². The fourth-order valence-electron chi connectivity index (χ4n) is 3.77. The van der Waals surface area contributed by atoms with Gasteiger partial charge in [0.1, 0.15) is 5.84 Å². The molecule has 0 aromatic heterocycles. The lowest BCUT2D eigenvalue weighted by atomic mass is 9.82. The Labute approximate surface area is 220 Å². The summed E-state index contributed by atoms with van der Waals surface area (Å²) in [4.78, 5) is 4.69. The maximum absolute atomic E-state index is 10.4. The highest BCUT2D eigenvalue weighted by molar-refractivity contribution is 6.47. The second-order valence-corrected chi connectivity index (χ2v) is 10.3. The molecule has 37 heavy (non-hydrogen) atoms. The molecule has 5 nitrogen and oxygen atoms in total. The number of hydrogen-bond donors (Lipinski definition) is 3. The van der Waals surface area contributed by atoms with E-state index in [4.69, 9.17) is 15.1 Å². The van der Waals surface area contributed by atoms with E-state index in [1.807, 2.05) is 92.7 Å². The number of benzene rings is 4. The van der Waals surface area contributed by atoms with E-state index in [0.29, 0.717) is 19.9 Å². The molecular weight excluding hydrogens is 457 g/mol. The zero-order chi connectivity index (χ0) is 26.5. The van der Waals surface area contributed by atoms with E-state index in [1.165, 1.54) is 0 Å². The van der Waals surface area contributed by atoms with Gasteiger partial charge in [0, 0.05) is 17.7 Å². The van der Waals surface area contributed by atoms with Crippen LogP contribution in [0.1, 0.15) is 44.4 Å². The number of aliphatic imine (C=N–C) groups is 1. The van der Waals surface area contributed by atoms with Crippen LogP contribution in [0.3, 0.4) is 0 Å².